The average molecular weight is 574 g/mol. The zero-order chi connectivity index (χ0) is 28.2. The molecule has 2 saturated heterocycles. The highest BCUT2D eigenvalue weighted by atomic mass is 32.2. The van der Waals surface area contributed by atoms with E-state index in [0.29, 0.717) is 40.2 Å². The summed E-state index contributed by atoms with van der Waals surface area (Å²) < 4.78 is 7.62. The molecule has 2 aliphatic heterocycles. The lowest BCUT2D eigenvalue weighted by molar-refractivity contribution is -0.122. The molecular formula is C30H31N5O3S2. The van der Waals surface area contributed by atoms with Gasteiger partial charge in [-0.15, -0.1) is 0 Å². The summed E-state index contributed by atoms with van der Waals surface area (Å²) in [5.41, 5.74) is 2.30. The van der Waals surface area contributed by atoms with Gasteiger partial charge < -0.3 is 14.2 Å². The minimum atomic E-state index is -0.281. The lowest BCUT2D eigenvalue weighted by atomic mass is 10.0. The highest BCUT2D eigenvalue weighted by molar-refractivity contribution is 8.26. The third-order valence-electron chi connectivity index (χ3n) is 7.33. The summed E-state index contributed by atoms with van der Waals surface area (Å²) in [5, 5.41) is 9.96. The van der Waals surface area contributed by atoms with Crippen molar-refractivity contribution < 1.29 is 9.21 Å². The van der Waals surface area contributed by atoms with Crippen LogP contribution in [0.1, 0.15) is 42.2 Å². The van der Waals surface area contributed by atoms with Crippen molar-refractivity contribution >= 4 is 51.8 Å². The van der Waals surface area contributed by atoms with Crippen LogP contribution in [0.15, 0.2) is 62.8 Å². The summed E-state index contributed by atoms with van der Waals surface area (Å²) in [4.78, 5) is 33.6. The maximum Gasteiger partial charge on any atom is 0.270 e. The van der Waals surface area contributed by atoms with Crippen molar-refractivity contribution in [3.63, 3.8) is 0 Å². The Balaban J connectivity index is 1.56. The summed E-state index contributed by atoms with van der Waals surface area (Å²) in [6, 6.07) is 16.0. The highest BCUT2D eigenvalue weighted by Gasteiger charge is 2.34. The molecule has 0 radical (unpaired) electrons. The number of thioether (sulfide) groups is 1. The fraction of sp³-hybridized carbons (Fsp3) is 0.333. The lowest BCUT2D eigenvalue weighted by Gasteiger charge is -2.39. The maximum absolute atomic E-state index is 13.6. The van der Waals surface area contributed by atoms with Crippen LogP contribution in [0.5, 0.6) is 0 Å². The molecule has 5 rings (SSSR count). The van der Waals surface area contributed by atoms with E-state index in [1.807, 2.05) is 30.3 Å². The molecule has 10 heteroatoms. The Hall–Kier alpha value is -3.81. The standard InChI is InChI=1S/C30H31N5O3S2/c1-3-4-12-34-27(33-15-13-32(14-16-33)22-9-6-5-7-10-22)24(21(2)25(19-31)28(34)36)18-26-29(37)35(30(39)40-26)20-23-11-8-17-38-23/h5-11,17-18H,3-4,12-16,20H2,1-2H3/b26-18-. The van der Waals surface area contributed by atoms with Crippen molar-refractivity contribution in [3.8, 4) is 6.07 Å². The number of pyridine rings is 1. The van der Waals surface area contributed by atoms with Crippen molar-refractivity contribution in [1.29, 1.82) is 5.26 Å². The number of thiocarbonyl (C=S) groups is 1. The molecule has 1 amide bonds. The van der Waals surface area contributed by atoms with Crippen LogP contribution in [0.2, 0.25) is 0 Å². The average Bonchev–Trinajstić information content (AvgIpc) is 3.58. The molecule has 0 spiro atoms. The summed E-state index contributed by atoms with van der Waals surface area (Å²) in [7, 11) is 0. The molecular weight excluding hydrogens is 542 g/mol. The molecule has 2 aromatic heterocycles. The van der Waals surface area contributed by atoms with E-state index < -0.39 is 0 Å². The van der Waals surface area contributed by atoms with Gasteiger partial charge >= 0.3 is 0 Å². The van der Waals surface area contributed by atoms with E-state index in [2.05, 4.69) is 34.9 Å². The van der Waals surface area contributed by atoms with Gasteiger partial charge in [-0.1, -0.05) is 55.5 Å². The molecule has 3 aromatic rings. The molecule has 40 heavy (non-hydrogen) atoms. The summed E-state index contributed by atoms with van der Waals surface area (Å²) >= 11 is 6.78. The minimum absolute atomic E-state index is 0.111. The number of furan rings is 1. The third kappa shape index (κ3) is 5.44. The Morgan fingerprint density at radius 3 is 2.45 bits per heavy atom. The summed E-state index contributed by atoms with van der Waals surface area (Å²) in [6.45, 7) is 7.60. The third-order valence-corrected chi connectivity index (χ3v) is 8.70. The first-order valence-corrected chi connectivity index (χ1v) is 14.7. The Labute approximate surface area is 243 Å². The summed E-state index contributed by atoms with van der Waals surface area (Å²) in [5.74, 6) is 1.19. The van der Waals surface area contributed by atoms with Gasteiger partial charge in [-0.3, -0.25) is 19.1 Å². The van der Waals surface area contributed by atoms with Crippen LogP contribution in [0, 0.1) is 18.3 Å². The van der Waals surface area contributed by atoms with Gasteiger partial charge in [-0.05, 0) is 49.2 Å². The number of anilines is 2. The van der Waals surface area contributed by atoms with Crippen LogP contribution in [0.4, 0.5) is 11.5 Å². The second-order valence-electron chi connectivity index (χ2n) is 9.82. The molecule has 0 bridgehead atoms. The number of hydrogen-bond acceptors (Lipinski definition) is 8. The van der Waals surface area contributed by atoms with Gasteiger partial charge in [0.05, 0.1) is 17.7 Å². The first-order valence-electron chi connectivity index (χ1n) is 13.4. The largest absolute Gasteiger partial charge is 0.467 e. The number of nitriles is 1. The van der Waals surface area contributed by atoms with E-state index >= 15 is 0 Å². The molecule has 206 valence electrons. The Bertz CT molecular complexity index is 1530. The topological polar surface area (TPSA) is 85.7 Å². The predicted molar refractivity (Wildman–Crippen MR) is 163 cm³/mol. The quantitative estimate of drug-likeness (QED) is 0.270. The van der Waals surface area contributed by atoms with Crippen molar-refractivity contribution in [1.82, 2.24) is 9.47 Å². The minimum Gasteiger partial charge on any atom is -0.467 e. The Kier molecular flexibility index (Phi) is 8.43. The number of aromatic nitrogens is 1. The van der Waals surface area contributed by atoms with Crippen molar-refractivity contribution in [3.05, 3.63) is 86.4 Å². The maximum atomic E-state index is 13.6. The second-order valence-corrected chi connectivity index (χ2v) is 11.5. The van der Waals surface area contributed by atoms with E-state index in [-0.39, 0.29) is 23.6 Å². The van der Waals surface area contributed by atoms with E-state index in [0.717, 1.165) is 37.3 Å². The van der Waals surface area contributed by atoms with E-state index in [4.69, 9.17) is 16.6 Å². The zero-order valence-corrected chi connectivity index (χ0v) is 24.3. The molecule has 1 aromatic carbocycles. The molecule has 0 saturated carbocycles. The normalized spacial score (nSPS) is 16.7. The fourth-order valence-corrected chi connectivity index (χ4v) is 6.39. The molecule has 8 nitrogen and oxygen atoms in total. The fourth-order valence-electron chi connectivity index (χ4n) is 5.15. The number of para-hydroxylation sites is 1. The summed E-state index contributed by atoms with van der Waals surface area (Å²) in [6.07, 6.45) is 5.09. The van der Waals surface area contributed by atoms with Crippen molar-refractivity contribution in [2.75, 3.05) is 36.0 Å². The first-order chi connectivity index (χ1) is 19.4. The van der Waals surface area contributed by atoms with Gasteiger partial charge in [0.2, 0.25) is 0 Å². The van der Waals surface area contributed by atoms with Crippen LogP contribution < -0.4 is 15.4 Å². The second kappa shape index (κ2) is 12.1. The number of rotatable bonds is 8. The van der Waals surface area contributed by atoms with Crippen molar-refractivity contribution in [2.45, 2.75) is 39.8 Å². The SMILES string of the molecule is CCCCn1c(N2CCN(c3ccccc3)CC2)c(/C=C2\SC(=S)N(Cc3ccco3)C2=O)c(C)c(C#N)c1=O. The Morgan fingerprint density at radius 2 is 1.80 bits per heavy atom. The zero-order valence-electron chi connectivity index (χ0n) is 22.6. The molecule has 4 heterocycles. The number of hydrogen-bond donors (Lipinski definition) is 0. The Morgan fingerprint density at radius 1 is 1.07 bits per heavy atom. The van der Waals surface area contributed by atoms with Crippen molar-refractivity contribution in [2.24, 2.45) is 0 Å². The number of carbonyl (C=O) groups excluding carboxylic acids is 1. The first kappa shape index (κ1) is 27.7. The molecule has 0 aliphatic carbocycles. The molecule has 0 atom stereocenters. The van der Waals surface area contributed by atoms with Gasteiger partial charge in [0, 0.05) is 44.0 Å². The van der Waals surface area contributed by atoms with Crippen LogP contribution in [0.3, 0.4) is 0 Å². The van der Waals surface area contributed by atoms with Crippen LogP contribution in [-0.4, -0.2) is 45.9 Å². The van der Waals surface area contributed by atoms with Gasteiger partial charge in [-0.25, -0.2) is 0 Å². The van der Waals surface area contributed by atoms with Crippen LogP contribution in [-0.2, 0) is 17.9 Å². The number of piperazine rings is 1. The van der Waals surface area contributed by atoms with Gasteiger partial charge in [-0.2, -0.15) is 5.26 Å². The van der Waals surface area contributed by atoms with Crippen LogP contribution in [0.25, 0.3) is 6.08 Å². The lowest BCUT2D eigenvalue weighted by Crippen LogP contribution is -2.48. The van der Waals surface area contributed by atoms with E-state index in [9.17, 15) is 14.9 Å². The van der Waals surface area contributed by atoms with Gasteiger partial charge in [0.15, 0.2) is 0 Å². The number of unbranched alkanes of at least 4 members (excludes halogenated alkanes) is 1. The van der Waals surface area contributed by atoms with Gasteiger partial charge in [0.25, 0.3) is 11.5 Å². The van der Waals surface area contributed by atoms with E-state index in [1.165, 1.54) is 22.3 Å². The smallest absolute Gasteiger partial charge is 0.270 e. The predicted octanol–water partition coefficient (Wildman–Crippen LogP) is 5.15. The molecule has 2 aliphatic rings. The highest BCUT2D eigenvalue weighted by Crippen LogP contribution is 2.37. The molecule has 2 fully saturated rings. The number of nitrogens with zero attached hydrogens (tertiary/aromatic N) is 5. The van der Waals surface area contributed by atoms with E-state index in [1.54, 1.807) is 23.8 Å². The number of benzene rings is 1. The van der Waals surface area contributed by atoms with Gasteiger partial charge in [0.1, 0.15) is 27.5 Å². The van der Waals surface area contributed by atoms with Crippen LogP contribution >= 0.6 is 24.0 Å². The number of amides is 1. The monoisotopic (exact) mass is 573 g/mol. The number of carbonyl (C=O) groups is 1. The molecule has 0 unspecified atom stereocenters. The molecule has 0 N–H and O–H groups in total.